The molecule has 97 heavy (non-hydrogen) atoms. The van der Waals surface area contributed by atoms with E-state index >= 15 is 4.79 Å². The number of aliphatic hydroxyl groups excluding tert-OH is 16. The quantitative estimate of drug-likeness (QED) is 0.0429. The zero-order chi connectivity index (χ0) is 71.0. The van der Waals surface area contributed by atoms with E-state index in [1.165, 1.54) is 27.7 Å². The van der Waals surface area contributed by atoms with Gasteiger partial charge in [0.15, 0.2) is 43.7 Å². The molecule has 556 valence electrons. The van der Waals surface area contributed by atoms with E-state index in [4.69, 9.17) is 61.6 Å². The van der Waals surface area contributed by atoms with Crippen LogP contribution in [-0.2, 0) is 71.2 Å². The Morgan fingerprint density at radius 3 is 1.64 bits per heavy atom. The fraction of sp³-hybridized carbons (Fsp3) is 0.939. The van der Waals surface area contributed by atoms with Gasteiger partial charge in [0.25, 0.3) is 0 Å². The van der Waals surface area contributed by atoms with Crippen molar-refractivity contribution < 1.29 is 153 Å². The van der Waals surface area contributed by atoms with Crippen molar-refractivity contribution in [1.29, 1.82) is 0 Å². The third-order valence-corrected chi connectivity index (χ3v) is 25.1. The molecule has 11 rings (SSSR count). The predicted molar refractivity (Wildman–Crippen MR) is 324 cm³/mol. The van der Waals surface area contributed by atoms with E-state index in [2.05, 4.69) is 40.7 Å². The highest BCUT2D eigenvalue weighted by Crippen LogP contribution is 2.76. The van der Waals surface area contributed by atoms with E-state index < -0.39 is 261 Å². The number of carbonyl (C=O) groups excluding carboxylic acids is 2. The molecule has 39 atom stereocenters. The van der Waals surface area contributed by atoms with Gasteiger partial charge in [-0.25, -0.2) is 0 Å². The van der Waals surface area contributed by atoms with E-state index in [0.717, 1.165) is 12.5 Å². The summed E-state index contributed by atoms with van der Waals surface area (Å²) in [6, 6.07) is 0. The maximum Gasteiger partial charge on any atom is 0.317 e. The van der Waals surface area contributed by atoms with Crippen LogP contribution in [0, 0.1) is 50.2 Å². The average molecular weight is 1400 g/mol. The highest BCUT2D eigenvalue weighted by Gasteiger charge is 2.74. The maximum atomic E-state index is 16.1. The molecule has 0 spiro atoms. The molecule has 0 amide bonds. The van der Waals surface area contributed by atoms with Gasteiger partial charge in [-0.1, -0.05) is 53.2 Å². The van der Waals surface area contributed by atoms with Crippen LogP contribution in [0.1, 0.15) is 128 Å². The third-order valence-electron chi connectivity index (χ3n) is 25.1. The smallest absolute Gasteiger partial charge is 0.317 e. The Kier molecular flexibility index (Phi) is 21.8. The van der Waals surface area contributed by atoms with Gasteiger partial charge < -0.3 is 143 Å². The van der Waals surface area contributed by atoms with Crippen molar-refractivity contribution >= 4 is 11.9 Å². The van der Waals surface area contributed by atoms with Gasteiger partial charge in [0.2, 0.25) is 6.29 Å². The standard InChI is InChI=1S/C66H106O31/c1-24-37(73)40(76)44(80)55(86-24)93-50-32(71)22-85-54(47(50)83)92-48-26(3)88-56(46(82)42(48)78)95-52-51(94-58-43(79)39(75)33(21-67)91-58)49(90-28(5)69)27(4)89-59(52)97-60(84)66-17-16-61(6,7)18-30(66)29-12-13-35-62(8)19-31(70)53(96-57-45(81)41(77)38(74)25(2)87-57)63(9,23-68)34(62)14-15-64(35,10)65(29,11)20-36(66)72/h12,24-27,30-59,67-68,70-83H,13-23H2,1-11H3/t24-,25-,26-,27+,30-,31-,32+,33-,34+,35+,36+,37-,38-,39-,40+,41+,42-,43+,44+,45+,46+,47+,48-,49-,50-,51-,52+,53-,54-,55-,56-,57-,58-,59-,62-,63-,64+,65+,66+/m0/s1. The van der Waals surface area contributed by atoms with Crippen molar-refractivity contribution in [2.45, 2.75) is 318 Å². The van der Waals surface area contributed by atoms with Crippen molar-refractivity contribution in [2.24, 2.45) is 50.2 Å². The molecular formula is C66H106O31. The Morgan fingerprint density at radius 2 is 1.04 bits per heavy atom. The number of esters is 2. The molecule has 11 aliphatic rings. The van der Waals surface area contributed by atoms with E-state index in [1.54, 1.807) is 0 Å². The topological polar surface area (TPSA) is 478 Å². The van der Waals surface area contributed by atoms with Gasteiger partial charge in [-0.3, -0.25) is 9.59 Å². The van der Waals surface area contributed by atoms with Gasteiger partial charge in [0.1, 0.15) is 103 Å². The molecule has 16 N–H and O–H groups in total. The number of aliphatic hydroxyl groups is 16. The summed E-state index contributed by atoms with van der Waals surface area (Å²) in [5, 5.41) is 180. The zero-order valence-electron chi connectivity index (χ0n) is 56.8. The van der Waals surface area contributed by atoms with Crippen LogP contribution in [-0.4, -0.2) is 304 Å². The predicted octanol–water partition coefficient (Wildman–Crippen LogP) is -3.51. The maximum absolute atomic E-state index is 16.1. The third kappa shape index (κ3) is 12.8. The number of fused-ring (bicyclic) bond motifs is 7. The molecule has 0 unspecified atom stereocenters. The highest BCUT2D eigenvalue weighted by molar-refractivity contribution is 5.80. The summed E-state index contributed by atoms with van der Waals surface area (Å²) in [6.07, 6.45) is -44.3. The summed E-state index contributed by atoms with van der Waals surface area (Å²) in [5.41, 5.74) is -4.37. The molecule has 0 radical (unpaired) electrons. The summed E-state index contributed by atoms with van der Waals surface area (Å²) in [6.45, 7) is 17.6. The number of hydrogen-bond acceptors (Lipinski definition) is 31. The van der Waals surface area contributed by atoms with Gasteiger partial charge in [-0.15, -0.1) is 0 Å². The van der Waals surface area contributed by atoms with Crippen LogP contribution in [0.25, 0.3) is 0 Å². The second-order valence-corrected chi connectivity index (χ2v) is 31.6. The molecule has 31 heteroatoms. The van der Waals surface area contributed by atoms with E-state index in [-0.39, 0.29) is 31.1 Å². The van der Waals surface area contributed by atoms with E-state index in [0.29, 0.717) is 32.1 Å². The second kappa shape index (κ2) is 27.9. The van der Waals surface area contributed by atoms with Crippen molar-refractivity contribution in [3.05, 3.63) is 11.6 Å². The zero-order valence-corrected chi connectivity index (χ0v) is 56.8. The number of ether oxygens (including phenoxy) is 13. The first-order valence-electron chi connectivity index (χ1n) is 34.3. The normalized spacial score (nSPS) is 55.3. The first-order chi connectivity index (χ1) is 45.3. The lowest BCUT2D eigenvalue weighted by molar-refractivity contribution is -0.386. The minimum absolute atomic E-state index is 0.0611. The Morgan fingerprint density at radius 1 is 0.505 bits per heavy atom. The lowest BCUT2D eigenvalue weighted by atomic mass is 9.33. The molecule has 5 aliphatic carbocycles. The summed E-state index contributed by atoms with van der Waals surface area (Å²) < 4.78 is 79.1. The Balaban J connectivity index is 0.884. The molecule has 0 aromatic rings. The lowest BCUT2D eigenvalue weighted by Gasteiger charge is -2.72. The van der Waals surface area contributed by atoms with Crippen molar-refractivity contribution in [1.82, 2.24) is 0 Å². The van der Waals surface area contributed by atoms with Gasteiger partial charge in [-0.05, 0) is 118 Å². The molecule has 6 heterocycles. The molecular weight excluding hydrogens is 1290 g/mol. The van der Waals surface area contributed by atoms with Crippen LogP contribution in [0.3, 0.4) is 0 Å². The van der Waals surface area contributed by atoms with Crippen molar-refractivity contribution in [2.75, 3.05) is 19.8 Å². The lowest BCUT2D eigenvalue weighted by Crippen LogP contribution is -2.70. The second-order valence-electron chi connectivity index (χ2n) is 31.6. The van der Waals surface area contributed by atoms with Crippen LogP contribution in [0.4, 0.5) is 0 Å². The molecule has 0 aromatic carbocycles. The summed E-state index contributed by atoms with van der Waals surface area (Å²) in [5.74, 6) is -2.92. The molecule has 6 saturated heterocycles. The van der Waals surface area contributed by atoms with Crippen LogP contribution in [0.5, 0.6) is 0 Å². The van der Waals surface area contributed by atoms with Gasteiger partial charge in [-0.2, -0.15) is 0 Å². The minimum Gasteiger partial charge on any atom is -0.457 e. The molecule has 10 fully saturated rings. The fourth-order valence-electron chi connectivity index (χ4n) is 19.4. The van der Waals surface area contributed by atoms with Crippen LogP contribution in [0.2, 0.25) is 0 Å². The van der Waals surface area contributed by atoms with Crippen LogP contribution in [0.15, 0.2) is 11.6 Å². The molecule has 4 saturated carbocycles. The van der Waals surface area contributed by atoms with E-state index in [1.807, 2.05) is 6.92 Å². The number of allylic oxidation sites excluding steroid dienone is 2. The first-order valence-corrected chi connectivity index (χ1v) is 34.3. The van der Waals surface area contributed by atoms with Crippen molar-refractivity contribution in [3.63, 3.8) is 0 Å². The monoisotopic (exact) mass is 1390 g/mol. The fourth-order valence-corrected chi connectivity index (χ4v) is 19.4. The SMILES string of the molecule is CC(=O)O[C@@H]1[C@H](O[C@@H]2O[C@@H](CO)[C@H](O)[C@H]2O)[C@@H](O[C@@H]2O[C@@H](C)[C@H](O[C@@H]3OC[C@@H](O)[C@H](O[C@@H]4O[C@@H](C)[C@H](O)[C@@H](O)[C@H]4O)[C@H]3O)[C@@H](O)[C@H]2O)[C@H](OC(=O)[C@]23CCC(C)(C)C[C@H]2C2=CC[C@@H]4[C@@]5(C)C[C@H](O)[C@H](O[C@@H]6O[C@@H](C)[C@H](O)[C@@H](O)[C@H]6O)[C@@](C)(CO)[C@@H]5CC[C@@]4(C)[C@]2(C)C[C@H]3O)O[C@@H]1C. The number of carbonyl (C=O) groups is 2. The molecule has 0 aromatic heterocycles. The Labute approximate surface area is 562 Å². The largest absolute Gasteiger partial charge is 0.457 e. The van der Waals surface area contributed by atoms with Crippen LogP contribution >= 0.6 is 0 Å². The summed E-state index contributed by atoms with van der Waals surface area (Å²) in [4.78, 5) is 29.2. The Bertz CT molecular complexity index is 2800. The minimum atomic E-state index is -2.12. The summed E-state index contributed by atoms with van der Waals surface area (Å²) >= 11 is 0. The van der Waals surface area contributed by atoms with E-state index in [9.17, 15) is 86.5 Å². The van der Waals surface area contributed by atoms with Gasteiger partial charge in [0.05, 0.1) is 62.5 Å². The number of hydrogen-bond donors (Lipinski definition) is 16. The Hall–Kier alpha value is -2.40. The first kappa shape index (κ1) is 75.7. The summed E-state index contributed by atoms with van der Waals surface area (Å²) in [7, 11) is 0. The van der Waals surface area contributed by atoms with Crippen LogP contribution < -0.4 is 0 Å². The molecule has 6 aliphatic heterocycles. The average Bonchev–Trinajstić information content (AvgIpc) is 0.915. The molecule has 31 nitrogen and oxygen atoms in total. The van der Waals surface area contributed by atoms with Gasteiger partial charge >= 0.3 is 11.9 Å². The number of rotatable bonds is 15. The van der Waals surface area contributed by atoms with Crippen molar-refractivity contribution in [3.8, 4) is 0 Å². The highest BCUT2D eigenvalue weighted by atomic mass is 16.8. The molecule has 0 bridgehead atoms. The van der Waals surface area contributed by atoms with Gasteiger partial charge in [0, 0.05) is 12.3 Å².